The Balaban J connectivity index is 1.82. The lowest BCUT2D eigenvalue weighted by molar-refractivity contribution is -0.137. The van der Waals surface area contributed by atoms with E-state index in [-0.39, 0.29) is 16.7 Å². The molecule has 0 fully saturated rings. The molecule has 0 radical (unpaired) electrons. The predicted molar refractivity (Wildman–Crippen MR) is 120 cm³/mol. The van der Waals surface area contributed by atoms with Gasteiger partial charge in [0.2, 0.25) is 5.91 Å². The lowest BCUT2D eigenvalue weighted by atomic mass is 10.2. The largest absolute Gasteiger partial charge is 0.416 e. The monoisotopic (exact) mass is 477 g/mol. The number of hydrogen-bond donors (Lipinski definition) is 0. The summed E-state index contributed by atoms with van der Waals surface area (Å²) < 4.78 is 52.4. The van der Waals surface area contributed by atoms with Gasteiger partial charge in [-0.05, 0) is 55.5 Å². The fraction of sp³-hybridized carbons (Fsp3) is 0.174. The minimum absolute atomic E-state index is 0.0340. The Morgan fingerprint density at radius 3 is 2.39 bits per heavy atom. The topological polar surface area (TPSA) is 53.5 Å². The molecule has 0 atom stereocenters. The number of alkyl halides is 3. The van der Waals surface area contributed by atoms with Crippen LogP contribution >= 0.6 is 11.3 Å². The maximum atomic E-state index is 13.1. The molecule has 0 spiro atoms. The second-order valence-electron chi connectivity index (χ2n) is 6.85. The summed E-state index contributed by atoms with van der Waals surface area (Å²) in [7, 11) is 0. The van der Waals surface area contributed by atoms with Crippen molar-refractivity contribution in [3.63, 3.8) is 0 Å². The Bertz CT molecular complexity index is 1170. The van der Waals surface area contributed by atoms with Gasteiger partial charge in [-0.1, -0.05) is 6.07 Å². The molecule has 10 heteroatoms. The number of aromatic nitrogens is 1. The van der Waals surface area contributed by atoms with Crippen LogP contribution in [0.15, 0.2) is 60.0 Å². The van der Waals surface area contributed by atoms with E-state index in [0.717, 1.165) is 28.4 Å². The minimum Gasteiger partial charge on any atom is -0.309 e. The van der Waals surface area contributed by atoms with E-state index in [2.05, 4.69) is 4.98 Å². The molecule has 0 aliphatic carbocycles. The van der Waals surface area contributed by atoms with Gasteiger partial charge in [-0.25, -0.2) is 9.37 Å². The molecule has 3 aromatic rings. The molecule has 2 amide bonds. The number of rotatable bonds is 6. The first-order valence-corrected chi connectivity index (χ1v) is 10.7. The fourth-order valence-corrected chi connectivity index (χ4v) is 3.89. The highest BCUT2D eigenvalue weighted by Gasteiger charge is 2.31. The Labute approximate surface area is 191 Å². The molecule has 0 aliphatic rings. The van der Waals surface area contributed by atoms with Gasteiger partial charge in [-0.15, -0.1) is 11.3 Å². The van der Waals surface area contributed by atoms with Crippen LogP contribution in [0.25, 0.3) is 6.08 Å². The predicted octanol–water partition coefficient (Wildman–Crippen LogP) is 6.05. The van der Waals surface area contributed by atoms with Crippen LogP contribution in [-0.2, 0) is 15.8 Å². The first-order valence-electron chi connectivity index (χ1n) is 9.78. The second kappa shape index (κ2) is 9.95. The average molecular weight is 477 g/mol. The molecule has 0 saturated carbocycles. The molecule has 0 unspecified atom stereocenters. The zero-order valence-electron chi connectivity index (χ0n) is 17.6. The van der Waals surface area contributed by atoms with Crippen LogP contribution in [0.2, 0.25) is 0 Å². The molecule has 0 saturated heterocycles. The highest BCUT2D eigenvalue weighted by Crippen LogP contribution is 2.35. The van der Waals surface area contributed by atoms with E-state index in [0.29, 0.717) is 17.9 Å². The van der Waals surface area contributed by atoms with Gasteiger partial charge in [0.15, 0.2) is 5.13 Å². The van der Waals surface area contributed by atoms with E-state index >= 15 is 0 Å². The third-order valence-electron chi connectivity index (χ3n) is 4.56. The van der Waals surface area contributed by atoms with Gasteiger partial charge in [0.25, 0.3) is 5.91 Å². The Kier molecular flexibility index (Phi) is 7.27. The second-order valence-corrected chi connectivity index (χ2v) is 7.69. The van der Waals surface area contributed by atoms with Gasteiger partial charge in [-0.3, -0.25) is 14.5 Å². The molecule has 33 heavy (non-hydrogen) atoms. The van der Waals surface area contributed by atoms with Gasteiger partial charge in [0.05, 0.1) is 16.9 Å². The van der Waals surface area contributed by atoms with Crippen LogP contribution < -0.4 is 9.80 Å². The fourth-order valence-electron chi connectivity index (χ4n) is 3.04. The van der Waals surface area contributed by atoms with Crippen molar-refractivity contribution in [2.45, 2.75) is 20.0 Å². The molecular formula is C23H19F4N3O2S. The van der Waals surface area contributed by atoms with E-state index in [1.165, 1.54) is 60.4 Å². The SMILES string of the molecule is CCN(C(=O)/C=C/c1csc(N(C(C)=O)c2cccc(C(F)(F)F)c2)n1)c1ccc(F)cc1. The van der Waals surface area contributed by atoms with Crippen molar-refractivity contribution in [2.24, 2.45) is 0 Å². The van der Waals surface area contributed by atoms with Crippen molar-refractivity contribution in [2.75, 3.05) is 16.3 Å². The highest BCUT2D eigenvalue weighted by atomic mass is 32.1. The first-order chi connectivity index (χ1) is 15.6. The van der Waals surface area contributed by atoms with E-state index in [1.54, 1.807) is 12.3 Å². The molecule has 2 aromatic carbocycles. The number of anilines is 3. The Morgan fingerprint density at radius 2 is 1.79 bits per heavy atom. The summed E-state index contributed by atoms with van der Waals surface area (Å²) in [6.07, 6.45) is -1.82. The number of thiazole rings is 1. The van der Waals surface area contributed by atoms with Crippen molar-refractivity contribution in [1.82, 2.24) is 4.98 Å². The molecule has 0 aliphatic heterocycles. The van der Waals surface area contributed by atoms with Gasteiger partial charge >= 0.3 is 6.18 Å². The first kappa shape index (κ1) is 24.1. The normalized spacial score (nSPS) is 11.6. The lowest BCUT2D eigenvalue weighted by Crippen LogP contribution is -2.28. The maximum Gasteiger partial charge on any atom is 0.416 e. The van der Waals surface area contributed by atoms with Crippen molar-refractivity contribution < 1.29 is 27.2 Å². The summed E-state index contributed by atoms with van der Waals surface area (Å²) in [5.74, 6) is -1.28. The number of likely N-dealkylation sites (N-methyl/N-ethyl adjacent to an activating group) is 1. The molecule has 0 N–H and O–H groups in total. The van der Waals surface area contributed by atoms with Crippen LogP contribution in [0.4, 0.5) is 34.1 Å². The standard InChI is InChI=1S/C23H19F4N3O2S/c1-3-29(19-10-7-17(24)8-11-19)21(32)12-9-18-14-33-22(28-18)30(15(2)31)20-6-4-5-16(13-20)23(25,26)27/h4-14H,3H2,1-2H3/b12-9+. The lowest BCUT2D eigenvalue weighted by Gasteiger charge is -2.19. The average Bonchev–Trinajstić information content (AvgIpc) is 3.22. The maximum absolute atomic E-state index is 13.1. The van der Waals surface area contributed by atoms with Gasteiger partial charge in [-0.2, -0.15) is 13.2 Å². The molecule has 1 heterocycles. The quantitative estimate of drug-likeness (QED) is 0.321. The van der Waals surface area contributed by atoms with Crippen LogP contribution in [0.3, 0.4) is 0 Å². The summed E-state index contributed by atoms with van der Waals surface area (Å²) in [6, 6.07) is 9.90. The zero-order chi connectivity index (χ0) is 24.2. The van der Waals surface area contributed by atoms with Crippen LogP contribution in [-0.4, -0.2) is 23.3 Å². The van der Waals surface area contributed by atoms with Gasteiger partial charge < -0.3 is 4.90 Å². The third-order valence-corrected chi connectivity index (χ3v) is 5.41. The van der Waals surface area contributed by atoms with Crippen LogP contribution in [0.1, 0.15) is 25.1 Å². The number of carbonyl (C=O) groups excluding carboxylic acids is 2. The molecular weight excluding hydrogens is 458 g/mol. The molecule has 1 aromatic heterocycles. The van der Waals surface area contributed by atoms with Crippen molar-refractivity contribution in [3.8, 4) is 0 Å². The number of nitrogens with zero attached hydrogens (tertiary/aromatic N) is 3. The zero-order valence-corrected chi connectivity index (χ0v) is 18.5. The Morgan fingerprint density at radius 1 is 1.09 bits per heavy atom. The smallest absolute Gasteiger partial charge is 0.309 e. The molecule has 5 nitrogen and oxygen atoms in total. The summed E-state index contributed by atoms with van der Waals surface area (Å²) in [6.45, 7) is 3.35. The van der Waals surface area contributed by atoms with Gasteiger partial charge in [0, 0.05) is 30.6 Å². The summed E-state index contributed by atoms with van der Waals surface area (Å²) in [5.41, 5.74) is 0.0391. The van der Waals surface area contributed by atoms with Crippen LogP contribution in [0.5, 0.6) is 0 Å². The van der Waals surface area contributed by atoms with Crippen molar-refractivity contribution in [3.05, 3.63) is 77.1 Å². The number of hydrogen-bond acceptors (Lipinski definition) is 4. The van der Waals surface area contributed by atoms with E-state index in [1.807, 2.05) is 0 Å². The van der Waals surface area contributed by atoms with E-state index < -0.39 is 23.5 Å². The number of halogens is 4. The molecule has 0 bridgehead atoms. The van der Waals surface area contributed by atoms with E-state index in [4.69, 9.17) is 0 Å². The van der Waals surface area contributed by atoms with E-state index in [9.17, 15) is 27.2 Å². The summed E-state index contributed by atoms with van der Waals surface area (Å²) in [4.78, 5) is 31.6. The molecule has 172 valence electrons. The summed E-state index contributed by atoms with van der Waals surface area (Å²) >= 11 is 1.05. The highest BCUT2D eigenvalue weighted by molar-refractivity contribution is 7.14. The molecule has 3 rings (SSSR count). The third kappa shape index (κ3) is 5.83. The number of amides is 2. The van der Waals surface area contributed by atoms with Crippen molar-refractivity contribution >= 4 is 45.7 Å². The van der Waals surface area contributed by atoms with Crippen molar-refractivity contribution in [1.29, 1.82) is 0 Å². The number of benzene rings is 2. The summed E-state index contributed by atoms with van der Waals surface area (Å²) in [5, 5.41) is 1.75. The van der Waals surface area contributed by atoms with Gasteiger partial charge in [0.1, 0.15) is 5.82 Å². The number of carbonyl (C=O) groups is 2. The van der Waals surface area contributed by atoms with Crippen LogP contribution in [0, 0.1) is 5.82 Å². The minimum atomic E-state index is -4.55. The Hall–Kier alpha value is -3.53.